The van der Waals surface area contributed by atoms with Gasteiger partial charge in [0.05, 0.1) is 12.3 Å². The Balaban J connectivity index is 2.03. The molecule has 1 unspecified atom stereocenters. The minimum atomic E-state index is -0.953. The summed E-state index contributed by atoms with van der Waals surface area (Å²) in [7, 11) is 0. The first-order chi connectivity index (χ1) is 10.5. The molecule has 1 atom stereocenters. The fourth-order valence-electron chi connectivity index (χ4n) is 2.99. The van der Waals surface area contributed by atoms with Crippen LogP contribution in [0.15, 0.2) is 53.7 Å². The van der Waals surface area contributed by atoms with E-state index in [0.29, 0.717) is 0 Å². The van der Waals surface area contributed by atoms with Crippen LogP contribution in [0.3, 0.4) is 0 Å². The van der Waals surface area contributed by atoms with Crippen LogP contribution >= 0.6 is 0 Å². The summed E-state index contributed by atoms with van der Waals surface area (Å²) in [6.45, 7) is 3.70. The van der Waals surface area contributed by atoms with E-state index in [0.717, 1.165) is 27.7 Å². The Bertz CT molecular complexity index is 807. The summed E-state index contributed by atoms with van der Waals surface area (Å²) < 4.78 is 0. The minimum Gasteiger partial charge on any atom is -0.481 e. The molecular formula is C18H17NO3. The number of hydrogen-bond donors (Lipinski definition) is 1. The Hall–Kier alpha value is -2.62. The van der Waals surface area contributed by atoms with Crippen molar-refractivity contribution in [3.63, 3.8) is 0 Å². The Morgan fingerprint density at radius 1 is 1.14 bits per heavy atom. The maximum absolute atomic E-state index is 12.6. The standard InChI is InChI=1S/C18H17NO3/c1-11-12(2)19(18(22)16(11)10-17(20)21)15-8-7-13-5-3-4-6-14(13)9-15/h3-9,16H,10H2,1-2H3,(H,20,21). The number of amides is 1. The highest BCUT2D eigenvalue weighted by Gasteiger charge is 2.37. The van der Waals surface area contributed by atoms with Crippen molar-refractivity contribution in [2.24, 2.45) is 5.92 Å². The van der Waals surface area contributed by atoms with Gasteiger partial charge in [0.2, 0.25) is 5.91 Å². The largest absolute Gasteiger partial charge is 0.481 e. The summed E-state index contributed by atoms with van der Waals surface area (Å²) >= 11 is 0. The maximum Gasteiger partial charge on any atom is 0.304 e. The van der Waals surface area contributed by atoms with Crippen molar-refractivity contribution in [3.05, 3.63) is 53.7 Å². The molecular weight excluding hydrogens is 278 g/mol. The highest BCUT2D eigenvalue weighted by Crippen LogP contribution is 2.36. The van der Waals surface area contributed by atoms with Gasteiger partial charge in [-0.1, -0.05) is 30.3 Å². The highest BCUT2D eigenvalue weighted by molar-refractivity contribution is 6.05. The Labute approximate surface area is 128 Å². The van der Waals surface area contributed by atoms with Crippen molar-refractivity contribution >= 4 is 28.3 Å². The lowest BCUT2D eigenvalue weighted by molar-refractivity contribution is -0.139. The van der Waals surface area contributed by atoms with Gasteiger partial charge in [0, 0.05) is 11.4 Å². The van der Waals surface area contributed by atoms with E-state index >= 15 is 0 Å². The van der Waals surface area contributed by atoms with Crippen molar-refractivity contribution in [2.45, 2.75) is 20.3 Å². The third kappa shape index (κ3) is 2.26. The van der Waals surface area contributed by atoms with E-state index < -0.39 is 11.9 Å². The third-order valence-corrected chi connectivity index (χ3v) is 4.32. The van der Waals surface area contributed by atoms with E-state index in [2.05, 4.69) is 0 Å². The van der Waals surface area contributed by atoms with Crippen LogP contribution in [-0.2, 0) is 9.59 Å². The second-order valence-corrected chi connectivity index (χ2v) is 5.62. The van der Waals surface area contributed by atoms with Gasteiger partial charge in [-0.3, -0.25) is 14.5 Å². The number of nitrogens with zero attached hydrogens (tertiary/aromatic N) is 1. The molecule has 1 amide bonds. The summed E-state index contributed by atoms with van der Waals surface area (Å²) in [6.07, 6.45) is -0.161. The molecule has 0 bridgehead atoms. The molecule has 2 aromatic rings. The fourth-order valence-corrected chi connectivity index (χ4v) is 2.99. The number of allylic oxidation sites excluding steroid dienone is 1. The predicted octanol–water partition coefficient (Wildman–Crippen LogP) is 3.57. The number of aliphatic carboxylic acids is 1. The lowest BCUT2D eigenvalue weighted by atomic mass is 9.98. The molecule has 0 saturated carbocycles. The second kappa shape index (κ2) is 5.30. The predicted molar refractivity (Wildman–Crippen MR) is 85.6 cm³/mol. The zero-order valence-electron chi connectivity index (χ0n) is 12.5. The zero-order valence-corrected chi connectivity index (χ0v) is 12.5. The van der Waals surface area contributed by atoms with Crippen LogP contribution in [0.5, 0.6) is 0 Å². The first-order valence-electron chi connectivity index (χ1n) is 7.21. The minimum absolute atomic E-state index is 0.160. The lowest BCUT2D eigenvalue weighted by Gasteiger charge is -2.20. The Morgan fingerprint density at radius 3 is 2.50 bits per heavy atom. The highest BCUT2D eigenvalue weighted by atomic mass is 16.4. The Morgan fingerprint density at radius 2 is 1.82 bits per heavy atom. The summed E-state index contributed by atoms with van der Waals surface area (Å²) in [5, 5.41) is 11.2. The van der Waals surface area contributed by atoms with E-state index in [1.54, 1.807) is 4.90 Å². The van der Waals surface area contributed by atoms with E-state index in [4.69, 9.17) is 5.11 Å². The van der Waals surface area contributed by atoms with E-state index in [-0.39, 0.29) is 12.3 Å². The monoisotopic (exact) mass is 295 g/mol. The first-order valence-corrected chi connectivity index (χ1v) is 7.21. The quantitative estimate of drug-likeness (QED) is 0.941. The summed E-state index contributed by atoms with van der Waals surface area (Å²) in [4.78, 5) is 25.2. The number of carboxylic acid groups (broad SMARTS) is 1. The molecule has 0 spiro atoms. The third-order valence-electron chi connectivity index (χ3n) is 4.32. The van der Waals surface area contributed by atoms with Crippen molar-refractivity contribution in [1.82, 2.24) is 0 Å². The average Bonchev–Trinajstić information content (AvgIpc) is 2.70. The van der Waals surface area contributed by atoms with Crippen LogP contribution in [-0.4, -0.2) is 17.0 Å². The van der Waals surface area contributed by atoms with Crippen LogP contribution < -0.4 is 4.90 Å². The van der Waals surface area contributed by atoms with Crippen molar-refractivity contribution in [2.75, 3.05) is 4.90 Å². The number of fused-ring (bicyclic) bond motifs is 1. The molecule has 0 radical (unpaired) electrons. The van der Waals surface area contributed by atoms with Crippen LogP contribution in [0.1, 0.15) is 20.3 Å². The second-order valence-electron chi connectivity index (χ2n) is 5.62. The number of carbonyl (C=O) groups excluding carboxylic acids is 1. The Kier molecular flexibility index (Phi) is 3.45. The fraction of sp³-hybridized carbons (Fsp3) is 0.222. The van der Waals surface area contributed by atoms with Crippen LogP contribution in [0.4, 0.5) is 5.69 Å². The van der Waals surface area contributed by atoms with Crippen LogP contribution in [0.2, 0.25) is 0 Å². The van der Waals surface area contributed by atoms with Crippen molar-refractivity contribution < 1.29 is 14.7 Å². The maximum atomic E-state index is 12.6. The number of carbonyl (C=O) groups is 2. The number of hydrogen-bond acceptors (Lipinski definition) is 2. The van der Waals surface area contributed by atoms with Gasteiger partial charge in [-0.25, -0.2) is 0 Å². The molecule has 4 heteroatoms. The van der Waals surface area contributed by atoms with Crippen molar-refractivity contribution in [1.29, 1.82) is 0 Å². The number of benzene rings is 2. The van der Waals surface area contributed by atoms with Gasteiger partial charge in [0.1, 0.15) is 0 Å². The number of carboxylic acids is 1. The molecule has 2 aromatic carbocycles. The van der Waals surface area contributed by atoms with Gasteiger partial charge >= 0.3 is 5.97 Å². The van der Waals surface area contributed by atoms with Gasteiger partial charge in [0.15, 0.2) is 0 Å². The molecule has 1 heterocycles. The molecule has 4 nitrogen and oxygen atoms in total. The summed E-state index contributed by atoms with van der Waals surface area (Å²) in [5.74, 6) is -1.68. The normalized spacial score (nSPS) is 18.4. The zero-order chi connectivity index (χ0) is 15.9. The molecule has 22 heavy (non-hydrogen) atoms. The summed E-state index contributed by atoms with van der Waals surface area (Å²) in [6, 6.07) is 13.8. The van der Waals surface area contributed by atoms with Gasteiger partial charge in [-0.05, 0) is 42.3 Å². The molecule has 0 fully saturated rings. The molecule has 0 aliphatic carbocycles. The molecule has 1 aliphatic rings. The summed E-state index contributed by atoms with van der Waals surface area (Å²) in [5.41, 5.74) is 2.44. The van der Waals surface area contributed by atoms with Gasteiger partial charge < -0.3 is 5.11 Å². The van der Waals surface area contributed by atoms with E-state index in [1.165, 1.54) is 0 Å². The molecule has 1 aliphatic heterocycles. The number of rotatable bonds is 3. The van der Waals surface area contributed by atoms with E-state index in [1.807, 2.05) is 56.3 Å². The molecule has 1 N–H and O–H groups in total. The topological polar surface area (TPSA) is 57.6 Å². The lowest BCUT2D eigenvalue weighted by Crippen LogP contribution is -2.29. The molecule has 3 rings (SSSR count). The van der Waals surface area contributed by atoms with Gasteiger partial charge in [0.25, 0.3) is 0 Å². The van der Waals surface area contributed by atoms with Crippen molar-refractivity contribution in [3.8, 4) is 0 Å². The molecule has 112 valence electrons. The average molecular weight is 295 g/mol. The SMILES string of the molecule is CC1=C(C)N(c2ccc3ccccc3c2)C(=O)C1CC(=O)O. The van der Waals surface area contributed by atoms with Gasteiger partial charge in [-0.2, -0.15) is 0 Å². The molecule has 0 aromatic heterocycles. The number of anilines is 1. The van der Waals surface area contributed by atoms with Crippen LogP contribution in [0, 0.1) is 5.92 Å². The van der Waals surface area contributed by atoms with Crippen LogP contribution in [0.25, 0.3) is 10.8 Å². The van der Waals surface area contributed by atoms with E-state index in [9.17, 15) is 9.59 Å². The molecule has 0 saturated heterocycles. The smallest absolute Gasteiger partial charge is 0.304 e. The van der Waals surface area contributed by atoms with Gasteiger partial charge in [-0.15, -0.1) is 0 Å². The first kappa shape index (κ1) is 14.3.